The zero-order valence-corrected chi connectivity index (χ0v) is 8.99. The maximum absolute atomic E-state index is 11.6. The summed E-state index contributed by atoms with van der Waals surface area (Å²) in [4.78, 5) is 24.3. The molecule has 2 N–H and O–H groups in total. The molecule has 0 bridgehead atoms. The lowest BCUT2D eigenvalue weighted by atomic mass is 10.1. The number of carbonyl (C=O) groups excluding carboxylic acids is 2. The molecule has 2 rings (SSSR count). The molecule has 0 spiro atoms. The molecule has 3 amide bonds. The first-order valence-corrected chi connectivity index (χ1v) is 5.07. The highest BCUT2D eigenvalue weighted by molar-refractivity contribution is 6.20. The average Bonchev–Trinajstić information content (AvgIpc) is 2.60. The van der Waals surface area contributed by atoms with Crippen molar-refractivity contribution in [3.8, 4) is 0 Å². The van der Waals surface area contributed by atoms with E-state index < -0.39 is 0 Å². The summed E-state index contributed by atoms with van der Waals surface area (Å²) in [7, 11) is 1.82. The van der Waals surface area contributed by atoms with Crippen LogP contribution in [0.4, 0.5) is 10.5 Å². The second-order valence-corrected chi connectivity index (χ2v) is 3.55. The highest BCUT2D eigenvalue weighted by Gasteiger charge is 2.31. The molecular formula is C11H13N3O2. The third-order valence-corrected chi connectivity index (χ3v) is 2.44. The quantitative estimate of drug-likeness (QED) is 0.726. The van der Waals surface area contributed by atoms with Crippen LogP contribution in [0, 0.1) is 0 Å². The van der Waals surface area contributed by atoms with Gasteiger partial charge in [0.2, 0.25) is 0 Å². The van der Waals surface area contributed by atoms with Crippen molar-refractivity contribution in [3.63, 3.8) is 0 Å². The standard InChI is InChI=1S/C11H13N3O2/c1-12-6-8-4-2-3-5-9(8)14-10(15)7-13-11(14)16/h2-5,12H,6-7H2,1H3,(H,13,16). The normalized spacial score (nSPS) is 15.4. The lowest BCUT2D eigenvalue weighted by Crippen LogP contribution is -2.31. The third kappa shape index (κ3) is 1.77. The zero-order valence-electron chi connectivity index (χ0n) is 8.99. The van der Waals surface area contributed by atoms with E-state index in [4.69, 9.17) is 0 Å². The molecule has 0 atom stereocenters. The summed E-state index contributed by atoms with van der Waals surface area (Å²) in [6.45, 7) is 0.694. The van der Waals surface area contributed by atoms with Crippen LogP contribution in [0.25, 0.3) is 0 Å². The van der Waals surface area contributed by atoms with E-state index in [1.165, 1.54) is 4.90 Å². The first-order chi connectivity index (χ1) is 7.74. The van der Waals surface area contributed by atoms with Crippen molar-refractivity contribution in [1.82, 2.24) is 10.6 Å². The fourth-order valence-corrected chi connectivity index (χ4v) is 1.74. The number of urea groups is 1. The van der Waals surface area contributed by atoms with Crippen LogP contribution in [0.15, 0.2) is 24.3 Å². The van der Waals surface area contributed by atoms with Crippen molar-refractivity contribution in [1.29, 1.82) is 0 Å². The smallest absolute Gasteiger partial charge is 0.328 e. The first kappa shape index (κ1) is 10.6. The van der Waals surface area contributed by atoms with Crippen molar-refractivity contribution in [2.45, 2.75) is 6.54 Å². The molecule has 0 radical (unpaired) electrons. The summed E-state index contributed by atoms with van der Waals surface area (Å²) in [5.74, 6) is -0.214. The molecule has 5 heteroatoms. The Balaban J connectivity index is 2.38. The van der Waals surface area contributed by atoms with E-state index in [9.17, 15) is 9.59 Å². The molecule has 1 aliphatic heterocycles. The number of hydrogen-bond acceptors (Lipinski definition) is 3. The van der Waals surface area contributed by atoms with Gasteiger partial charge in [0.05, 0.1) is 12.2 Å². The summed E-state index contributed by atoms with van der Waals surface area (Å²) in [5.41, 5.74) is 1.58. The predicted molar refractivity (Wildman–Crippen MR) is 60.1 cm³/mol. The van der Waals surface area contributed by atoms with Gasteiger partial charge in [-0.25, -0.2) is 9.69 Å². The summed E-state index contributed by atoms with van der Waals surface area (Å²) in [6, 6.07) is 7.01. The second kappa shape index (κ2) is 4.32. The Labute approximate surface area is 93.4 Å². The van der Waals surface area contributed by atoms with E-state index in [0.29, 0.717) is 12.2 Å². The number of hydrogen-bond donors (Lipinski definition) is 2. The minimum absolute atomic E-state index is 0.0761. The number of carbonyl (C=O) groups is 2. The molecule has 1 fully saturated rings. The predicted octanol–water partition coefficient (Wildman–Crippen LogP) is 0.462. The van der Waals surface area contributed by atoms with E-state index in [2.05, 4.69) is 10.6 Å². The lowest BCUT2D eigenvalue weighted by molar-refractivity contribution is -0.115. The Morgan fingerprint density at radius 3 is 2.75 bits per heavy atom. The van der Waals surface area contributed by atoms with E-state index >= 15 is 0 Å². The fourth-order valence-electron chi connectivity index (χ4n) is 1.74. The van der Waals surface area contributed by atoms with Crippen LogP contribution in [0.5, 0.6) is 0 Å². The van der Waals surface area contributed by atoms with Gasteiger partial charge in [-0.15, -0.1) is 0 Å². The zero-order chi connectivity index (χ0) is 11.5. The highest BCUT2D eigenvalue weighted by Crippen LogP contribution is 2.22. The van der Waals surface area contributed by atoms with E-state index in [0.717, 1.165) is 5.56 Å². The molecule has 16 heavy (non-hydrogen) atoms. The number of nitrogens with one attached hydrogen (secondary N) is 2. The van der Waals surface area contributed by atoms with Gasteiger partial charge in [-0.05, 0) is 18.7 Å². The fraction of sp³-hybridized carbons (Fsp3) is 0.273. The van der Waals surface area contributed by atoms with Crippen LogP contribution < -0.4 is 15.5 Å². The minimum atomic E-state index is -0.353. The molecule has 0 saturated carbocycles. The first-order valence-electron chi connectivity index (χ1n) is 5.07. The summed E-state index contributed by atoms with van der Waals surface area (Å²) < 4.78 is 0. The average molecular weight is 219 g/mol. The molecule has 5 nitrogen and oxygen atoms in total. The van der Waals surface area contributed by atoms with E-state index in [1.54, 1.807) is 6.07 Å². The van der Waals surface area contributed by atoms with Crippen LogP contribution >= 0.6 is 0 Å². The van der Waals surface area contributed by atoms with Crippen molar-refractivity contribution < 1.29 is 9.59 Å². The summed E-state index contributed by atoms with van der Waals surface area (Å²) in [6.07, 6.45) is 0. The van der Waals surface area contributed by atoms with Crippen LogP contribution in [-0.4, -0.2) is 25.5 Å². The molecule has 0 unspecified atom stereocenters. The molecular weight excluding hydrogens is 206 g/mol. The second-order valence-electron chi connectivity index (χ2n) is 3.55. The Morgan fingerprint density at radius 2 is 2.12 bits per heavy atom. The van der Waals surface area contributed by atoms with Gasteiger partial charge >= 0.3 is 6.03 Å². The maximum atomic E-state index is 11.6. The van der Waals surface area contributed by atoms with Crippen LogP contribution in [0.2, 0.25) is 0 Å². The van der Waals surface area contributed by atoms with Gasteiger partial charge in [0, 0.05) is 6.54 Å². The number of rotatable bonds is 3. The SMILES string of the molecule is CNCc1ccccc1N1C(=O)CNC1=O. The third-order valence-electron chi connectivity index (χ3n) is 2.44. The largest absolute Gasteiger partial charge is 0.329 e. The monoisotopic (exact) mass is 219 g/mol. The lowest BCUT2D eigenvalue weighted by Gasteiger charge is -2.16. The highest BCUT2D eigenvalue weighted by atomic mass is 16.2. The molecule has 1 saturated heterocycles. The topological polar surface area (TPSA) is 61.4 Å². The van der Waals surface area contributed by atoms with Gasteiger partial charge in [-0.2, -0.15) is 0 Å². The van der Waals surface area contributed by atoms with Gasteiger partial charge in [0.15, 0.2) is 0 Å². The van der Waals surface area contributed by atoms with Crippen LogP contribution in [0.1, 0.15) is 5.56 Å². The van der Waals surface area contributed by atoms with Gasteiger partial charge in [-0.1, -0.05) is 18.2 Å². The van der Waals surface area contributed by atoms with Crippen LogP contribution in [0.3, 0.4) is 0 Å². The number of nitrogens with zero attached hydrogens (tertiary/aromatic N) is 1. The van der Waals surface area contributed by atoms with Crippen molar-refractivity contribution >= 4 is 17.6 Å². The molecule has 1 aromatic carbocycles. The maximum Gasteiger partial charge on any atom is 0.329 e. The van der Waals surface area contributed by atoms with Crippen molar-refractivity contribution in [3.05, 3.63) is 29.8 Å². The van der Waals surface area contributed by atoms with Gasteiger partial charge in [-0.3, -0.25) is 4.79 Å². The van der Waals surface area contributed by atoms with Gasteiger partial charge in [0.1, 0.15) is 0 Å². The van der Waals surface area contributed by atoms with E-state index in [1.807, 2.05) is 25.2 Å². The molecule has 0 aromatic heterocycles. The van der Waals surface area contributed by atoms with E-state index in [-0.39, 0.29) is 18.5 Å². The van der Waals surface area contributed by atoms with Crippen molar-refractivity contribution in [2.75, 3.05) is 18.5 Å². The van der Waals surface area contributed by atoms with Crippen LogP contribution in [-0.2, 0) is 11.3 Å². The Bertz CT molecular complexity index is 415. The summed E-state index contributed by atoms with van der Waals surface area (Å²) >= 11 is 0. The van der Waals surface area contributed by atoms with Gasteiger partial charge < -0.3 is 10.6 Å². The Kier molecular flexibility index (Phi) is 2.87. The molecule has 1 heterocycles. The van der Waals surface area contributed by atoms with Gasteiger partial charge in [0.25, 0.3) is 5.91 Å². The summed E-state index contributed by atoms with van der Waals surface area (Å²) in [5, 5.41) is 5.51. The number of benzene rings is 1. The minimum Gasteiger partial charge on any atom is -0.328 e. The molecule has 84 valence electrons. The number of imide groups is 1. The molecule has 0 aliphatic carbocycles. The molecule has 1 aromatic rings. The Morgan fingerprint density at radius 1 is 1.38 bits per heavy atom. The van der Waals surface area contributed by atoms with Crippen molar-refractivity contribution in [2.24, 2.45) is 0 Å². The number of amides is 3. The number of para-hydroxylation sites is 1. The number of anilines is 1. The molecule has 1 aliphatic rings. The Hall–Kier alpha value is -1.88.